The Bertz CT molecular complexity index is 601. The number of carbonyl (C=O) groups excluding carboxylic acids is 1. The fourth-order valence-electron chi connectivity index (χ4n) is 1.76. The summed E-state index contributed by atoms with van der Waals surface area (Å²) < 4.78 is 0. The molecule has 0 radical (unpaired) electrons. The number of nitrogens with two attached hydrogens (primary N) is 1. The van der Waals surface area contributed by atoms with Crippen LogP contribution < -0.4 is 11.1 Å². The Morgan fingerprint density at radius 2 is 2.06 bits per heavy atom. The fourth-order valence-corrected chi connectivity index (χ4v) is 1.76. The van der Waals surface area contributed by atoms with Gasteiger partial charge in [-0.2, -0.15) is 5.10 Å². The number of nitrogen functional groups attached to an aromatic ring is 1. The first-order chi connectivity index (χ1) is 8.50. The second kappa shape index (κ2) is 4.52. The number of benzene rings is 1. The number of H-pyrrole nitrogens is 1. The van der Waals surface area contributed by atoms with Crippen molar-refractivity contribution in [1.82, 2.24) is 10.2 Å². The first-order valence-electron chi connectivity index (χ1n) is 5.67. The van der Waals surface area contributed by atoms with Crippen LogP contribution in [0.3, 0.4) is 0 Å². The molecule has 1 amide bonds. The largest absolute Gasteiger partial charge is 0.397 e. The summed E-state index contributed by atoms with van der Waals surface area (Å²) in [7, 11) is 0. The van der Waals surface area contributed by atoms with Crippen LogP contribution in [-0.2, 0) is 0 Å². The summed E-state index contributed by atoms with van der Waals surface area (Å²) in [4.78, 5) is 12.1. The van der Waals surface area contributed by atoms with Gasteiger partial charge in [-0.3, -0.25) is 9.89 Å². The summed E-state index contributed by atoms with van der Waals surface area (Å²) in [5.41, 5.74) is 10.4. The van der Waals surface area contributed by atoms with Crippen molar-refractivity contribution >= 4 is 17.3 Å². The standard InChI is InChI=1S/C13H16N4O/c1-7-4-5-11(14)12(8(7)2)16-13(18)10-6-15-17-9(10)3/h4-6H,14H2,1-3H3,(H,15,17)(H,16,18). The molecule has 94 valence electrons. The number of hydrogen-bond donors (Lipinski definition) is 3. The van der Waals surface area contributed by atoms with E-state index in [0.29, 0.717) is 16.9 Å². The average molecular weight is 244 g/mol. The van der Waals surface area contributed by atoms with Gasteiger partial charge in [0.2, 0.25) is 0 Å². The van der Waals surface area contributed by atoms with Gasteiger partial charge >= 0.3 is 0 Å². The Balaban J connectivity index is 2.33. The normalized spacial score (nSPS) is 10.4. The molecular weight excluding hydrogens is 228 g/mol. The summed E-state index contributed by atoms with van der Waals surface area (Å²) in [6, 6.07) is 3.73. The molecule has 0 unspecified atom stereocenters. The van der Waals surface area contributed by atoms with E-state index in [-0.39, 0.29) is 5.91 Å². The van der Waals surface area contributed by atoms with Crippen LogP contribution in [0, 0.1) is 20.8 Å². The fraction of sp³-hybridized carbons (Fsp3) is 0.231. The molecule has 2 aromatic rings. The second-order valence-electron chi connectivity index (χ2n) is 4.33. The van der Waals surface area contributed by atoms with Gasteiger partial charge in [-0.05, 0) is 38.0 Å². The average Bonchev–Trinajstić information content (AvgIpc) is 2.76. The van der Waals surface area contributed by atoms with Crippen LogP contribution in [0.4, 0.5) is 11.4 Å². The summed E-state index contributed by atoms with van der Waals surface area (Å²) in [6.45, 7) is 5.71. The monoisotopic (exact) mass is 244 g/mol. The maximum Gasteiger partial charge on any atom is 0.259 e. The van der Waals surface area contributed by atoms with Gasteiger partial charge in [-0.1, -0.05) is 6.07 Å². The van der Waals surface area contributed by atoms with Crippen molar-refractivity contribution in [3.63, 3.8) is 0 Å². The molecule has 2 rings (SSSR count). The highest BCUT2D eigenvalue weighted by Gasteiger charge is 2.14. The zero-order valence-electron chi connectivity index (χ0n) is 10.7. The number of aromatic amines is 1. The van der Waals surface area contributed by atoms with Crippen molar-refractivity contribution in [1.29, 1.82) is 0 Å². The van der Waals surface area contributed by atoms with Crippen molar-refractivity contribution in [3.8, 4) is 0 Å². The summed E-state index contributed by atoms with van der Waals surface area (Å²) in [5.74, 6) is -0.207. The molecule has 1 aromatic heterocycles. The molecule has 0 spiro atoms. The van der Waals surface area contributed by atoms with E-state index in [9.17, 15) is 4.79 Å². The lowest BCUT2D eigenvalue weighted by molar-refractivity contribution is 0.102. The van der Waals surface area contributed by atoms with Crippen LogP contribution >= 0.6 is 0 Å². The molecular formula is C13H16N4O. The number of aryl methyl sites for hydroxylation is 2. The molecule has 0 atom stereocenters. The second-order valence-corrected chi connectivity index (χ2v) is 4.33. The van der Waals surface area contributed by atoms with Crippen LogP contribution in [0.1, 0.15) is 27.2 Å². The third kappa shape index (κ3) is 2.07. The maximum absolute atomic E-state index is 12.1. The van der Waals surface area contributed by atoms with Crippen molar-refractivity contribution in [3.05, 3.63) is 40.7 Å². The van der Waals surface area contributed by atoms with E-state index in [2.05, 4.69) is 15.5 Å². The van der Waals surface area contributed by atoms with Crippen LogP contribution in [0.25, 0.3) is 0 Å². The third-order valence-electron chi connectivity index (χ3n) is 3.08. The van der Waals surface area contributed by atoms with Gasteiger partial charge in [0.1, 0.15) is 0 Å². The van der Waals surface area contributed by atoms with Crippen molar-refractivity contribution < 1.29 is 4.79 Å². The van der Waals surface area contributed by atoms with E-state index in [1.165, 1.54) is 6.20 Å². The minimum absolute atomic E-state index is 0.207. The Morgan fingerprint density at radius 1 is 1.33 bits per heavy atom. The molecule has 5 heteroatoms. The molecule has 0 saturated heterocycles. The Hall–Kier alpha value is -2.30. The van der Waals surface area contributed by atoms with E-state index in [1.807, 2.05) is 19.9 Å². The molecule has 0 aliphatic carbocycles. The molecule has 5 nitrogen and oxygen atoms in total. The van der Waals surface area contributed by atoms with Crippen molar-refractivity contribution in [2.75, 3.05) is 11.1 Å². The van der Waals surface area contributed by atoms with Gasteiger partial charge in [0, 0.05) is 5.69 Å². The lowest BCUT2D eigenvalue weighted by Gasteiger charge is -2.13. The summed E-state index contributed by atoms with van der Waals surface area (Å²) in [5, 5.41) is 9.40. The number of hydrogen-bond acceptors (Lipinski definition) is 3. The summed E-state index contributed by atoms with van der Waals surface area (Å²) in [6.07, 6.45) is 1.51. The highest BCUT2D eigenvalue weighted by molar-refractivity contribution is 6.06. The lowest BCUT2D eigenvalue weighted by Crippen LogP contribution is -2.15. The van der Waals surface area contributed by atoms with Gasteiger partial charge < -0.3 is 11.1 Å². The van der Waals surface area contributed by atoms with Crippen LogP contribution in [0.5, 0.6) is 0 Å². The van der Waals surface area contributed by atoms with Crippen molar-refractivity contribution in [2.24, 2.45) is 0 Å². The molecule has 4 N–H and O–H groups in total. The number of rotatable bonds is 2. The SMILES string of the molecule is Cc1ccc(N)c(NC(=O)c2cn[nH]c2C)c1C. The molecule has 1 heterocycles. The Labute approximate surface area is 105 Å². The predicted molar refractivity (Wildman–Crippen MR) is 71.6 cm³/mol. The van der Waals surface area contributed by atoms with Crippen LogP contribution in [0.2, 0.25) is 0 Å². The molecule has 0 fully saturated rings. The van der Waals surface area contributed by atoms with Gasteiger partial charge in [-0.25, -0.2) is 0 Å². The van der Waals surface area contributed by atoms with Gasteiger partial charge in [-0.15, -0.1) is 0 Å². The topological polar surface area (TPSA) is 83.8 Å². The zero-order valence-corrected chi connectivity index (χ0v) is 10.7. The number of nitrogens with zero attached hydrogens (tertiary/aromatic N) is 1. The number of amides is 1. The molecule has 18 heavy (non-hydrogen) atoms. The molecule has 0 saturated carbocycles. The highest BCUT2D eigenvalue weighted by Crippen LogP contribution is 2.26. The number of carbonyl (C=O) groups is 1. The van der Waals surface area contributed by atoms with E-state index in [1.54, 1.807) is 13.0 Å². The Kier molecular flexibility index (Phi) is 3.06. The van der Waals surface area contributed by atoms with E-state index in [0.717, 1.165) is 16.8 Å². The number of aromatic nitrogens is 2. The number of anilines is 2. The third-order valence-corrected chi connectivity index (χ3v) is 3.08. The molecule has 0 bridgehead atoms. The van der Waals surface area contributed by atoms with Gasteiger partial charge in [0.05, 0.1) is 23.1 Å². The maximum atomic E-state index is 12.1. The smallest absolute Gasteiger partial charge is 0.259 e. The highest BCUT2D eigenvalue weighted by atomic mass is 16.1. The zero-order chi connectivity index (χ0) is 13.3. The lowest BCUT2D eigenvalue weighted by atomic mass is 10.1. The molecule has 0 aliphatic rings. The minimum Gasteiger partial charge on any atom is -0.397 e. The van der Waals surface area contributed by atoms with Crippen LogP contribution in [0.15, 0.2) is 18.3 Å². The quantitative estimate of drug-likeness (QED) is 0.708. The summed E-state index contributed by atoms with van der Waals surface area (Å²) >= 11 is 0. The van der Waals surface area contributed by atoms with Gasteiger partial charge in [0.15, 0.2) is 0 Å². The van der Waals surface area contributed by atoms with Crippen molar-refractivity contribution in [2.45, 2.75) is 20.8 Å². The molecule has 1 aromatic carbocycles. The first kappa shape index (κ1) is 12.2. The number of nitrogens with one attached hydrogen (secondary N) is 2. The van der Waals surface area contributed by atoms with Crippen LogP contribution in [-0.4, -0.2) is 16.1 Å². The van der Waals surface area contributed by atoms with E-state index < -0.39 is 0 Å². The van der Waals surface area contributed by atoms with E-state index >= 15 is 0 Å². The predicted octanol–water partition coefficient (Wildman–Crippen LogP) is 2.17. The Morgan fingerprint density at radius 3 is 2.67 bits per heavy atom. The molecule has 0 aliphatic heterocycles. The van der Waals surface area contributed by atoms with Gasteiger partial charge in [0.25, 0.3) is 5.91 Å². The minimum atomic E-state index is -0.207. The van der Waals surface area contributed by atoms with E-state index in [4.69, 9.17) is 5.73 Å². The first-order valence-corrected chi connectivity index (χ1v) is 5.67.